The van der Waals surface area contributed by atoms with Crippen LogP contribution in [0.25, 0.3) is 10.9 Å². The maximum absolute atomic E-state index is 15.1. The Morgan fingerprint density at radius 3 is 2.81 bits per heavy atom. The van der Waals surface area contributed by atoms with E-state index in [1.54, 1.807) is 35.8 Å². The smallest absolute Gasteiger partial charge is 0.341 e. The van der Waals surface area contributed by atoms with Crippen LogP contribution in [-0.4, -0.2) is 35.4 Å². The zero-order valence-corrected chi connectivity index (χ0v) is 17.2. The topological polar surface area (TPSA) is 116 Å². The van der Waals surface area contributed by atoms with Gasteiger partial charge in [-0.3, -0.25) is 4.79 Å². The SMILES string of the molecule is C[C@H]1COc2c(NCCOc3ccc(Cl)cc3)c(F)c(N)c3c(=O)c(C(=O)O)cn1c23. The summed E-state index contributed by atoms with van der Waals surface area (Å²) >= 11 is 5.84. The lowest BCUT2D eigenvalue weighted by molar-refractivity contribution is 0.0694. The fourth-order valence-electron chi connectivity index (χ4n) is 3.54. The van der Waals surface area contributed by atoms with Gasteiger partial charge in [-0.2, -0.15) is 0 Å². The Morgan fingerprint density at radius 2 is 2.13 bits per heavy atom. The van der Waals surface area contributed by atoms with E-state index in [0.717, 1.165) is 0 Å². The zero-order chi connectivity index (χ0) is 22.3. The molecule has 10 heteroatoms. The molecule has 4 rings (SSSR count). The second-order valence-electron chi connectivity index (χ2n) is 7.13. The van der Waals surface area contributed by atoms with E-state index in [4.69, 9.17) is 26.8 Å². The van der Waals surface area contributed by atoms with E-state index < -0.39 is 28.5 Å². The number of nitrogen functional groups attached to an aromatic ring is 1. The second-order valence-corrected chi connectivity index (χ2v) is 7.57. The lowest BCUT2D eigenvalue weighted by atomic mass is 10.0. The van der Waals surface area contributed by atoms with Crippen molar-refractivity contribution in [1.82, 2.24) is 4.57 Å². The molecule has 0 spiro atoms. The molecule has 0 fully saturated rings. The summed E-state index contributed by atoms with van der Waals surface area (Å²) in [6, 6.07) is 6.53. The molecule has 0 aliphatic carbocycles. The van der Waals surface area contributed by atoms with E-state index >= 15 is 4.39 Å². The van der Waals surface area contributed by atoms with Gasteiger partial charge in [0, 0.05) is 17.8 Å². The van der Waals surface area contributed by atoms with Gasteiger partial charge < -0.3 is 30.2 Å². The number of ether oxygens (including phenoxy) is 2. The monoisotopic (exact) mass is 447 g/mol. The molecule has 1 aliphatic rings. The number of nitrogens with zero attached hydrogens (tertiary/aromatic N) is 1. The Balaban J connectivity index is 1.71. The van der Waals surface area contributed by atoms with Crippen LogP contribution >= 0.6 is 11.6 Å². The van der Waals surface area contributed by atoms with Crippen molar-refractivity contribution in [2.24, 2.45) is 0 Å². The molecule has 0 saturated carbocycles. The highest BCUT2D eigenvalue weighted by atomic mass is 35.5. The minimum Gasteiger partial charge on any atom is -0.492 e. The molecular weight excluding hydrogens is 429 g/mol. The summed E-state index contributed by atoms with van der Waals surface area (Å²) in [5.41, 5.74) is 4.43. The molecular formula is C21H19ClFN3O5. The Morgan fingerprint density at radius 1 is 1.42 bits per heavy atom. The molecule has 0 unspecified atom stereocenters. The number of carboxylic acids is 1. The summed E-state index contributed by atoms with van der Waals surface area (Å²) in [6.07, 6.45) is 1.24. The number of hydrogen-bond acceptors (Lipinski definition) is 6. The Bertz CT molecular complexity index is 1240. The molecule has 8 nitrogen and oxygen atoms in total. The van der Waals surface area contributed by atoms with Gasteiger partial charge in [-0.15, -0.1) is 0 Å². The average molecular weight is 448 g/mol. The number of pyridine rings is 1. The first kappa shape index (κ1) is 20.8. The number of anilines is 2. The van der Waals surface area contributed by atoms with E-state index in [9.17, 15) is 14.7 Å². The van der Waals surface area contributed by atoms with Crippen LogP contribution in [0.3, 0.4) is 0 Å². The van der Waals surface area contributed by atoms with Crippen LogP contribution in [-0.2, 0) is 0 Å². The number of nitrogens with one attached hydrogen (secondary N) is 1. The molecule has 31 heavy (non-hydrogen) atoms. The lowest BCUT2D eigenvalue weighted by Gasteiger charge is -2.29. The number of benzene rings is 2. The largest absolute Gasteiger partial charge is 0.492 e. The van der Waals surface area contributed by atoms with Crippen LogP contribution in [0.4, 0.5) is 15.8 Å². The number of carboxylic acid groups (broad SMARTS) is 1. The average Bonchev–Trinajstić information content (AvgIpc) is 2.74. The summed E-state index contributed by atoms with van der Waals surface area (Å²) < 4.78 is 28.0. The molecule has 1 aromatic heterocycles. The van der Waals surface area contributed by atoms with Gasteiger partial charge in [-0.25, -0.2) is 9.18 Å². The minimum absolute atomic E-state index is 0.00664. The molecule has 1 aliphatic heterocycles. The van der Waals surface area contributed by atoms with Gasteiger partial charge in [-0.05, 0) is 31.2 Å². The predicted molar refractivity (Wildman–Crippen MR) is 115 cm³/mol. The van der Waals surface area contributed by atoms with Crippen molar-refractivity contribution < 1.29 is 23.8 Å². The van der Waals surface area contributed by atoms with E-state index in [0.29, 0.717) is 10.8 Å². The maximum atomic E-state index is 15.1. The van der Waals surface area contributed by atoms with Gasteiger partial charge in [0.25, 0.3) is 0 Å². The first-order valence-corrected chi connectivity index (χ1v) is 9.85. The number of nitrogens with two attached hydrogens (primary N) is 1. The Hall–Kier alpha value is -3.46. The normalized spacial score (nSPS) is 14.9. The van der Waals surface area contributed by atoms with Crippen molar-refractivity contribution in [2.75, 3.05) is 30.8 Å². The van der Waals surface area contributed by atoms with Crippen LogP contribution in [0.5, 0.6) is 11.5 Å². The van der Waals surface area contributed by atoms with Crippen LogP contribution in [0.1, 0.15) is 23.3 Å². The minimum atomic E-state index is -1.41. The van der Waals surface area contributed by atoms with Crippen LogP contribution in [0.2, 0.25) is 5.02 Å². The van der Waals surface area contributed by atoms with Gasteiger partial charge in [0.05, 0.1) is 22.6 Å². The molecule has 4 N–H and O–H groups in total. The number of aromatic nitrogens is 1. The third kappa shape index (κ3) is 3.61. The van der Waals surface area contributed by atoms with E-state index in [1.165, 1.54) is 6.20 Å². The molecule has 3 aromatic rings. The predicted octanol–water partition coefficient (Wildman–Crippen LogP) is 3.52. The maximum Gasteiger partial charge on any atom is 0.341 e. The highest BCUT2D eigenvalue weighted by molar-refractivity contribution is 6.30. The molecule has 0 amide bonds. The summed E-state index contributed by atoms with van der Waals surface area (Å²) in [6.45, 7) is 2.39. The molecule has 0 radical (unpaired) electrons. The standard InChI is InChI=1S/C21H19ClFN3O5/c1-10-9-31-20-17(25-6-7-30-12-4-2-11(22)3-5-12)15(23)16(24)14-18(20)26(10)8-13(19(14)27)21(28)29/h2-5,8,10,25H,6-7,9,24H2,1H3,(H,28,29)/t10-/m0/s1. The van der Waals surface area contributed by atoms with Crippen molar-refractivity contribution in [2.45, 2.75) is 13.0 Å². The number of hydrogen-bond donors (Lipinski definition) is 3. The van der Waals surface area contributed by atoms with Crippen molar-refractivity contribution in [3.05, 3.63) is 57.1 Å². The van der Waals surface area contributed by atoms with Gasteiger partial charge in [0.1, 0.15) is 30.2 Å². The van der Waals surface area contributed by atoms with Crippen LogP contribution in [0, 0.1) is 5.82 Å². The summed E-state index contributed by atoms with van der Waals surface area (Å²) in [4.78, 5) is 24.2. The highest BCUT2D eigenvalue weighted by Gasteiger charge is 2.30. The van der Waals surface area contributed by atoms with Gasteiger partial charge in [-0.1, -0.05) is 11.6 Å². The van der Waals surface area contributed by atoms with E-state index in [2.05, 4.69) is 5.32 Å². The summed E-state index contributed by atoms with van der Waals surface area (Å²) in [7, 11) is 0. The van der Waals surface area contributed by atoms with Gasteiger partial charge in [0.15, 0.2) is 11.6 Å². The molecule has 2 aromatic carbocycles. The first-order valence-electron chi connectivity index (χ1n) is 9.47. The Kier molecular flexibility index (Phi) is 5.36. The van der Waals surface area contributed by atoms with Crippen LogP contribution in [0.15, 0.2) is 35.3 Å². The summed E-state index contributed by atoms with van der Waals surface area (Å²) in [5, 5.41) is 12.7. The van der Waals surface area contributed by atoms with Crippen molar-refractivity contribution in [3.8, 4) is 11.5 Å². The number of aromatic carboxylic acids is 1. The van der Waals surface area contributed by atoms with Gasteiger partial charge >= 0.3 is 5.97 Å². The van der Waals surface area contributed by atoms with Crippen molar-refractivity contribution in [3.63, 3.8) is 0 Å². The number of rotatable bonds is 6. The molecule has 1 atom stereocenters. The van der Waals surface area contributed by atoms with Crippen molar-refractivity contribution >= 4 is 39.8 Å². The number of carbonyl (C=O) groups is 1. The quantitative estimate of drug-likeness (QED) is 0.391. The molecule has 0 saturated heterocycles. The second kappa shape index (κ2) is 7.99. The molecule has 162 valence electrons. The lowest BCUT2D eigenvalue weighted by Crippen LogP contribution is -2.28. The Labute approximate surface area is 180 Å². The molecule has 2 heterocycles. The highest BCUT2D eigenvalue weighted by Crippen LogP contribution is 2.43. The number of halogens is 2. The van der Waals surface area contributed by atoms with E-state index in [1.807, 2.05) is 0 Å². The van der Waals surface area contributed by atoms with E-state index in [-0.39, 0.29) is 48.1 Å². The van der Waals surface area contributed by atoms with Gasteiger partial charge in [0.2, 0.25) is 5.43 Å². The van der Waals surface area contributed by atoms with Crippen LogP contribution < -0.4 is 26.0 Å². The zero-order valence-electron chi connectivity index (χ0n) is 16.4. The third-order valence-electron chi connectivity index (χ3n) is 5.06. The molecule has 0 bridgehead atoms. The fourth-order valence-corrected chi connectivity index (χ4v) is 3.66. The van der Waals surface area contributed by atoms with Crippen molar-refractivity contribution in [1.29, 1.82) is 0 Å². The fraction of sp³-hybridized carbons (Fsp3) is 0.238. The third-order valence-corrected chi connectivity index (χ3v) is 5.31. The summed E-state index contributed by atoms with van der Waals surface area (Å²) in [5.74, 6) is -1.57. The first-order chi connectivity index (χ1) is 14.8.